The van der Waals surface area contributed by atoms with E-state index in [9.17, 15) is 9.59 Å². The highest BCUT2D eigenvalue weighted by molar-refractivity contribution is 5.78. The first-order valence-corrected chi connectivity index (χ1v) is 7.03. The average molecular weight is 350 g/mol. The van der Waals surface area contributed by atoms with Crippen molar-refractivity contribution in [2.75, 3.05) is 6.54 Å². The van der Waals surface area contributed by atoms with Crippen molar-refractivity contribution in [2.24, 2.45) is 5.73 Å². The number of carboxylic acids is 1. The lowest BCUT2D eigenvalue weighted by atomic mass is 10.1. The molecule has 1 atom stereocenters. The van der Waals surface area contributed by atoms with E-state index in [1.54, 1.807) is 6.92 Å². The number of carboxylic acid groups (broad SMARTS) is 1. The molecule has 0 rings (SSSR count). The Balaban J connectivity index is 0. The molecule has 0 spiro atoms. The van der Waals surface area contributed by atoms with Crippen LogP contribution in [0.5, 0.6) is 0 Å². The highest BCUT2D eigenvalue weighted by Gasteiger charge is 2.12. The van der Waals surface area contributed by atoms with E-state index in [1.165, 1.54) is 0 Å². The number of carbonyl (C=O) groups is 2. The van der Waals surface area contributed by atoms with E-state index in [4.69, 9.17) is 21.1 Å². The van der Waals surface area contributed by atoms with Crippen molar-refractivity contribution in [1.82, 2.24) is 5.32 Å². The molecule has 0 aromatic carbocycles. The van der Waals surface area contributed by atoms with Crippen molar-refractivity contribution in [1.29, 1.82) is 0 Å². The minimum atomic E-state index is -3.76. The second-order valence-electron chi connectivity index (χ2n) is 2.64. The number of aliphatic carboxylic acids is 1. The fraction of sp³-hybridized carbons (Fsp3) is 0.714. The van der Waals surface area contributed by atoms with E-state index in [2.05, 4.69) is 5.32 Å². The molecule has 8 nitrogen and oxygen atoms in total. The van der Waals surface area contributed by atoms with Gasteiger partial charge in [-0.15, -0.1) is 0 Å². The first-order chi connectivity index (χ1) is 7.31. The molecule has 0 radical (unpaired) electrons. The molecule has 0 aliphatic heterocycles. The van der Waals surface area contributed by atoms with Crippen LogP contribution in [0, 0.1) is 0 Å². The SMILES string of the molecule is CCNC(=O)CC[C@H](N)C(=O)O.[O-][I+2]([O-])O. The summed E-state index contributed by atoms with van der Waals surface area (Å²) in [4.78, 5) is 21.0. The first kappa shape index (κ1) is 17.9. The molecule has 0 bridgehead atoms. The van der Waals surface area contributed by atoms with Crippen LogP contribution in [-0.2, 0) is 9.59 Å². The van der Waals surface area contributed by atoms with Gasteiger partial charge in [0, 0.05) is 13.0 Å². The summed E-state index contributed by atoms with van der Waals surface area (Å²) in [5.74, 6) is -1.23. The van der Waals surface area contributed by atoms with Crippen LogP contribution >= 0.6 is 0 Å². The normalized spacial score (nSPS) is 11.4. The standard InChI is InChI=1S/C7H14N2O3.HIO3/c1-2-9-6(10)4-3-5(8)7(11)12;2-1(3)4/h5H,2-4,8H2,1H3,(H,9,10)(H,11,12);2H/t5-;/m0./s1. The topological polar surface area (TPSA) is 159 Å². The van der Waals surface area contributed by atoms with Crippen molar-refractivity contribution in [3.05, 3.63) is 0 Å². The second-order valence-corrected chi connectivity index (χ2v) is 3.79. The van der Waals surface area contributed by atoms with Gasteiger partial charge in [0.05, 0.1) is 0 Å². The molecule has 96 valence electrons. The van der Waals surface area contributed by atoms with Crippen molar-refractivity contribution >= 4 is 11.9 Å². The van der Waals surface area contributed by atoms with Gasteiger partial charge in [0.2, 0.25) is 5.91 Å². The van der Waals surface area contributed by atoms with Crippen molar-refractivity contribution in [3.8, 4) is 0 Å². The van der Waals surface area contributed by atoms with E-state index < -0.39 is 33.1 Å². The summed E-state index contributed by atoms with van der Waals surface area (Å²) in [6.45, 7) is 2.36. The Bertz CT molecular complexity index is 210. The van der Waals surface area contributed by atoms with Gasteiger partial charge in [-0.1, -0.05) is 0 Å². The van der Waals surface area contributed by atoms with Crippen LogP contribution in [0.4, 0.5) is 0 Å². The minimum absolute atomic E-state index is 0.158. The van der Waals surface area contributed by atoms with Gasteiger partial charge in [-0.05, 0) is 16.8 Å². The number of hydrogen-bond acceptors (Lipinski definition) is 6. The minimum Gasteiger partial charge on any atom is -0.480 e. The Morgan fingerprint density at radius 1 is 1.50 bits per heavy atom. The molecule has 16 heavy (non-hydrogen) atoms. The van der Waals surface area contributed by atoms with Crippen LogP contribution in [0.25, 0.3) is 0 Å². The molecule has 9 heteroatoms. The number of nitrogens with one attached hydrogen (secondary N) is 1. The molecule has 0 saturated heterocycles. The molecule has 0 aromatic heterocycles. The molecule has 0 aliphatic carbocycles. The Kier molecular flexibility index (Phi) is 12.3. The Hall–Kier alpha value is -0.490. The maximum absolute atomic E-state index is 10.8. The molecule has 0 aromatic rings. The van der Waals surface area contributed by atoms with Gasteiger partial charge in [-0.25, -0.2) is 0 Å². The maximum Gasteiger partial charge on any atom is 0.503 e. The van der Waals surface area contributed by atoms with E-state index >= 15 is 0 Å². The summed E-state index contributed by atoms with van der Waals surface area (Å²) in [5.41, 5.74) is 5.18. The highest BCUT2D eigenvalue weighted by Crippen LogP contribution is 1.93. The lowest BCUT2D eigenvalue weighted by Gasteiger charge is -2.05. The summed E-state index contributed by atoms with van der Waals surface area (Å²) in [6.07, 6.45) is 0.350. The van der Waals surface area contributed by atoms with E-state index in [-0.39, 0.29) is 18.7 Å². The van der Waals surface area contributed by atoms with Crippen LogP contribution in [0.15, 0.2) is 0 Å². The molecule has 0 aliphatic rings. The zero-order valence-corrected chi connectivity index (χ0v) is 10.8. The zero-order chi connectivity index (χ0) is 13.1. The summed E-state index contributed by atoms with van der Waals surface area (Å²) in [5, 5.41) is 10.9. The molecule has 0 fully saturated rings. The number of halogens is 1. The summed E-state index contributed by atoms with van der Waals surface area (Å²) >= 11 is -3.76. The number of hydrogen-bond donors (Lipinski definition) is 4. The average Bonchev–Trinajstić information content (AvgIpc) is 2.13. The Morgan fingerprint density at radius 2 is 1.94 bits per heavy atom. The number of rotatable bonds is 5. The lowest BCUT2D eigenvalue weighted by molar-refractivity contribution is -1.63. The first-order valence-electron chi connectivity index (χ1n) is 4.30. The van der Waals surface area contributed by atoms with Crippen LogP contribution in [0.3, 0.4) is 0 Å². The summed E-state index contributed by atoms with van der Waals surface area (Å²) in [6, 6.07) is -0.937. The van der Waals surface area contributed by atoms with Crippen LogP contribution in [0.1, 0.15) is 19.8 Å². The molecule has 0 saturated carbocycles. The fourth-order valence-electron chi connectivity index (χ4n) is 0.696. The lowest BCUT2D eigenvalue weighted by Crippen LogP contribution is -3.98. The molecule has 1 amide bonds. The van der Waals surface area contributed by atoms with E-state index in [0.717, 1.165) is 0 Å². The molecular weight excluding hydrogens is 335 g/mol. The smallest absolute Gasteiger partial charge is 0.480 e. The highest BCUT2D eigenvalue weighted by atomic mass is 127. The maximum atomic E-state index is 10.8. The number of carbonyl (C=O) groups excluding carboxylic acids is 1. The summed E-state index contributed by atoms with van der Waals surface area (Å²) in [7, 11) is 0. The second kappa shape index (κ2) is 11.0. The van der Waals surface area contributed by atoms with Crippen LogP contribution in [0.2, 0.25) is 0 Å². The van der Waals surface area contributed by atoms with Crippen molar-refractivity contribution in [2.45, 2.75) is 25.8 Å². The quantitative estimate of drug-likeness (QED) is 0.359. The van der Waals surface area contributed by atoms with Crippen molar-refractivity contribution in [3.63, 3.8) is 0 Å². The van der Waals surface area contributed by atoms with Gasteiger partial charge in [-0.3, -0.25) is 9.59 Å². The van der Waals surface area contributed by atoms with Crippen LogP contribution < -0.4 is 39.0 Å². The zero-order valence-electron chi connectivity index (χ0n) is 8.68. The van der Waals surface area contributed by atoms with Gasteiger partial charge >= 0.3 is 27.0 Å². The monoisotopic (exact) mass is 350 g/mol. The van der Waals surface area contributed by atoms with Gasteiger partial charge < -0.3 is 23.0 Å². The number of amides is 1. The van der Waals surface area contributed by atoms with Crippen molar-refractivity contribution < 1.29 is 46.1 Å². The van der Waals surface area contributed by atoms with E-state index in [0.29, 0.717) is 6.54 Å². The largest absolute Gasteiger partial charge is 0.503 e. The van der Waals surface area contributed by atoms with Crippen LogP contribution in [-0.4, -0.2) is 33.0 Å². The predicted molar refractivity (Wildman–Crippen MR) is 45.7 cm³/mol. The fourth-order valence-corrected chi connectivity index (χ4v) is 0.696. The third-order valence-electron chi connectivity index (χ3n) is 1.37. The van der Waals surface area contributed by atoms with Gasteiger partial charge in [0.25, 0.3) is 0 Å². The van der Waals surface area contributed by atoms with Gasteiger partial charge in [0.15, 0.2) is 0 Å². The Labute approximate surface area is 101 Å². The predicted octanol–water partition coefficient (Wildman–Crippen LogP) is -6.62. The Morgan fingerprint density at radius 3 is 2.25 bits per heavy atom. The third kappa shape index (κ3) is 16.0. The van der Waals surface area contributed by atoms with Gasteiger partial charge in [-0.2, -0.15) is 0 Å². The molecular formula is C7H15IN2O6. The number of nitrogens with two attached hydrogens (primary N) is 1. The molecule has 0 unspecified atom stereocenters. The molecule has 5 N–H and O–H groups in total. The third-order valence-corrected chi connectivity index (χ3v) is 1.37. The molecule has 0 heterocycles. The summed E-state index contributed by atoms with van der Waals surface area (Å²) < 4.78 is 24.5. The van der Waals surface area contributed by atoms with Gasteiger partial charge in [0.1, 0.15) is 6.04 Å². The van der Waals surface area contributed by atoms with E-state index in [1.807, 2.05) is 0 Å².